The Hall–Kier alpha value is -0.260. The Kier molecular flexibility index (Phi) is 30.8. The number of unbranched alkanes of at least 4 members (excludes halogenated alkanes) is 20. The van der Waals surface area contributed by atoms with Gasteiger partial charge in [-0.05, 0) is 25.7 Å². The first-order valence-corrected chi connectivity index (χ1v) is 22.2. The van der Waals surface area contributed by atoms with Crippen LogP contribution in [0.2, 0.25) is 0 Å². The second-order valence-electron chi connectivity index (χ2n) is 15.1. The molecule has 0 spiro atoms. The highest BCUT2D eigenvalue weighted by atomic mass is 32.2. The maximum atomic E-state index is 10.7. The molecule has 0 aromatic heterocycles. The molecule has 0 fully saturated rings. The van der Waals surface area contributed by atoms with Crippen molar-refractivity contribution in [3.05, 3.63) is 0 Å². The second kappa shape index (κ2) is 29.6. The van der Waals surface area contributed by atoms with E-state index in [2.05, 4.69) is 42.0 Å². The fraction of sp³-hybridized carbons (Fsp3) is 1.00. The molecule has 10 heteroatoms. The number of quaternary nitrogens is 2. The Bertz CT molecular complexity index is 877. The lowest BCUT2D eigenvalue weighted by Crippen LogP contribution is -2.41. The zero-order valence-electron chi connectivity index (χ0n) is 31.4. The summed E-state index contributed by atoms with van der Waals surface area (Å²) in [4.78, 5) is 0. The van der Waals surface area contributed by atoms with Crippen LogP contribution >= 0.6 is 0 Å². The molecule has 0 heterocycles. The monoisotopic (exact) mass is 699 g/mol. The molecule has 0 rings (SSSR count). The van der Waals surface area contributed by atoms with E-state index in [0.717, 1.165) is 35.1 Å². The van der Waals surface area contributed by atoms with Gasteiger partial charge in [0, 0.05) is 24.3 Å². The molecule has 0 saturated heterocycles. The first-order valence-electron chi connectivity index (χ1n) is 19.0. The van der Waals surface area contributed by atoms with Crippen molar-refractivity contribution in [3.8, 4) is 0 Å². The fourth-order valence-electron chi connectivity index (χ4n) is 5.97. The van der Waals surface area contributed by atoms with Gasteiger partial charge in [0.05, 0.1) is 74.6 Å². The molecule has 0 aliphatic rings. The van der Waals surface area contributed by atoms with Crippen molar-refractivity contribution in [2.75, 3.05) is 65.9 Å². The van der Waals surface area contributed by atoms with Crippen LogP contribution in [-0.4, -0.2) is 101 Å². The van der Waals surface area contributed by atoms with Crippen molar-refractivity contribution in [2.24, 2.45) is 0 Å². The Morgan fingerprint density at radius 1 is 0.348 bits per heavy atom. The van der Waals surface area contributed by atoms with E-state index in [9.17, 15) is 25.9 Å². The van der Waals surface area contributed by atoms with Crippen LogP contribution in [0, 0.1) is 0 Å². The van der Waals surface area contributed by atoms with Gasteiger partial charge in [0.15, 0.2) is 0 Å². The third-order valence-electron chi connectivity index (χ3n) is 9.05. The Balaban J connectivity index is 0. The summed E-state index contributed by atoms with van der Waals surface area (Å²) < 4.78 is 65.2. The average Bonchev–Trinajstić information content (AvgIpc) is 2.93. The molecule has 0 aliphatic heterocycles. The number of hydrogen-bond donors (Lipinski definition) is 0. The summed E-state index contributed by atoms with van der Waals surface area (Å²) in [6.45, 7) is 8.14. The molecule has 0 saturated carbocycles. The van der Waals surface area contributed by atoms with Crippen LogP contribution in [0.5, 0.6) is 0 Å². The molecule has 0 aliphatic carbocycles. The third kappa shape index (κ3) is 41.8. The summed E-state index contributed by atoms with van der Waals surface area (Å²) in [6, 6.07) is 0. The van der Waals surface area contributed by atoms with Crippen LogP contribution in [0.15, 0.2) is 0 Å². The van der Waals surface area contributed by atoms with Crippen molar-refractivity contribution in [2.45, 2.75) is 168 Å². The first kappa shape index (κ1) is 47.9. The maximum Gasteiger partial charge on any atom is 0.0948 e. The molecule has 0 atom stereocenters. The Morgan fingerprint density at radius 3 is 0.761 bits per heavy atom. The van der Waals surface area contributed by atoms with E-state index >= 15 is 0 Å². The van der Waals surface area contributed by atoms with Crippen molar-refractivity contribution < 1.29 is 34.9 Å². The molecular weight excluding hydrogens is 621 g/mol. The third-order valence-corrected chi connectivity index (χ3v) is 10.6. The highest BCUT2D eigenvalue weighted by Gasteiger charge is 2.15. The van der Waals surface area contributed by atoms with Crippen LogP contribution in [0.3, 0.4) is 0 Å². The van der Waals surface area contributed by atoms with E-state index in [4.69, 9.17) is 0 Å². The zero-order valence-corrected chi connectivity index (χ0v) is 33.0. The highest BCUT2D eigenvalue weighted by molar-refractivity contribution is 7.85. The van der Waals surface area contributed by atoms with E-state index in [1.54, 1.807) is 0 Å². The lowest BCUT2D eigenvalue weighted by Gasteiger charge is -2.30. The van der Waals surface area contributed by atoms with Crippen molar-refractivity contribution in [1.82, 2.24) is 0 Å². The molecule has 280 valence electrons. The summed E-state index contributed by atoms with van der Waals surface area (Å²) in [7, 11) is 0.356. The molecule has 0 unspecified atom stereocenters. The quantitative estimate of drug-likeness (QED) is 0.0395. The smallest absolute Gasteiger partial charge is 0.0948 e. The van der Waals surface area contributed by atoms with Gasteiger partial charge in [0.25, 0.3) is 0 Å². The van der Waals surface area contributed by atoms with Crippen LogP contribution in [0.4, 0.5) is 0 Å². The summed E-state index contributed by atoms with van der Waals surface area (Å²) in [5, 5.41) is 0. The van der Waals surface area contributed by atoms with Gasteiger partial charge in [-0.25, -0.2) is 16.8 Å². The molecule has 0 radical (unpaired) electrons. The van der Waals surface area contributed by atoms with E-state index in [1.165, 1.54) is 141 Å². The number of nitrogens with zero attached hydrogens (tertiary/aromatic N) is 2. The van der Waals surface area contributed by atoms with Crippen LogP contribution in [0.1, 0.15) is 168 Å². The lowest BCUT2D eigenvalue weighted by molar-refractivity contribution is -0.890. The molecule has 0 N–H and O–H groups in total. The minimum Gasteiger partial charge on any atom is -0.748 e. The van der Waals surface area contributed by atoms with Gasteiger partial charge >= 0.3 is 0 Å². The van der Waals surface area contributed by atoms with Crippen molar-refractivity contribution in [3.63, 3.8) is 0 Å². The number of rotatable bonds is 32. The Labute approximate surface area is 288 Å². The topological polar surface area (TPSA) is 114 Å². The second-order valence-corrected chi connectivity index (χ2v) is 18.1. The highest BCUT2D eigenvalue weighted by Crippen LogP contribution is 2.14. The van der Waals surface area contributed by atoms with E-state index in [0.29, 0.717) is 12.8 Å². The first-order chi connectivity index (χ1) is 21.5. The van der Waals surface area contributed by atoms with E-state index in [-0.39, 0.29) is 11.5 Å². The van der Waals surface area contributed by atoms with Gasteiger partial charge in [-0.1, -0.05) is 129 Å². The fourth-order valence-corrected chi connectivity index (χ4v) is 6.94. The lowest BCUT2D eigenvalue weighted by atomic mass is 10.0. The standard InChI is InChI=1S/C23H49NO3S.C13H29NO3S/c1-4-5-6-7-8-9-10-11-12-13-14-15-16-17-18-19-21-24(2,3)22-20-23-28(25,26)27;1-4-5-6-7-8-9-11-14(2,3)12-10-13-18(15,16)17/h4-23H2,1-3H3;4-13H2,1-3H3. The van der Waals surface area contributed by atoms with Gasteiger partial charge in [0.2, 0.25) is 0 Å². The summed E-state index contributed by atoms with van der Waals surface area (Å²) in [5.74, 6) is -0.460. The van der Waals surface area contributed by atoms with E-state index < -0.39 is 20.2 Å². The molecule has 0 aromatic rings. The van der Waals surface area contributed by atoms with E-state index in [1.807, 2.05) is 0 Å². The summed E-state index contributed by atoms with van der Waals surface area (Å²) in [6.07, 6.45) is 30.6. The van der Waals surface area contributed by atoms with Gasteiger partial charge in [0.1, 0.15) is 0 Å². The summed E-state index contributed by atoms with van der Waals surface area (Å²) in [5.41, 5.74) is 0. The predicted molar refractivity (Wildman–Crippen MR) is 195 cm³/mol. The average molecular weight is 699 g/mol. The molecule has 0 amide bonds. The van der Waals surface area contributed by atoms with Crippen molar-refractivity contribution in [1.29, 1.82) is 0 Å². The minimum atomic E-state index is -4.06. The summed E-state index contributed by atoms with van der Waals surface area (Å²) >= 11 is 0. The predicted octanol–water partition coefficient (Wildman–Crippen LogP) is 8.62. The largest absolute Gasteiger partial charge is 0.748 e. The van der Waals surface area contributed by atoms with Crippen LogP contribution in [-0.2, 0) is 20.2 Å². The SMILES string of the molecule is CCCCCCCCCCCCCCCCCC[N+](C)(C)CCCS(=O)(=O)[O-].CCCCCCCC[N+](C)(C)CCCS(=O)(=O)[O-]. The Morgan fingerprint density at radius 2 is 0.543 bits per heavy atom. The van der Waals surface area contributed by atoms with Crippen LogP contribution < -0.4 is 0 Å². The maximum absolute atomic E-state index is 10.7. The number of hydrogen-bond acceptors (Lipinski definition) is 6. The van der Waals surface area contributed by atoms with Crippen molar-refractivity contribution >= 4 is 20.2 Å². The molecule has 0 bridgehead atoms. The molecular formula is C36H78N2O6S2. The van der Waals surface area contributed by atoms with Gasteiger partial charge in [-0.2, -0.15) is 0 Å². The molecule has 0 aromatic carbocycles. The van der Waals surface area contributed by atoms with Gasteiger partial charge in [-0.3, -0.25) is 0 Å². The molecule has 46 heavy (non-hydrogen) atoms. The molecule has 8 nitrogen and oxygen atoms in total. The van der Waals surface area contributed by atoms with Gasteiger partial charge < -0.3 is 18.1 Å². The van der Waals surface area contributed by atoms with Crippen LogP contribution in [0.25, 0.3) is 0 Å². The van der Waals surface area contributed by atoms with Gasteiger partial charge in [-0.15, -0.1) is 0 Å². The minimum absolute atomic E-state index is 0.229. The zero-order chi connectivity index (χ0) is 35.2. The normalized spacial score (nSPS) is 12.7.